The van der Waals surface area contributed by atoms with Gasteiger partial charge in [0.1, 0.15) is 0 Å². The zero-order chi connectivity index (χ0) is 13.8. The summed E-state index contributed by atoms with van der Waals surface area (Å²) in [6.07, 6.45) is 12.6. The van der Waals surface area contributed by atoms with E-state index in [4.69, 9.17) is 0 Å². The summed E-state index contributed by atoms with van der Waals surface area (Å²) in [6.45, 7) is 0. The number of rotatable bonds is 4. The zero-order valence-corrected chi connectivity index (χ0v) is 12.9. The van der Waals surface area contributed by atoms with Gasteiger partial charge in [-0.2, -0.15) is 16.9 Å². The average Bonchev–Trinajstić information content (AvgIpc) is 2.97. The van der Waals surface area contributed by atoms with Gasteiger partial charge in [0, 0.05) is 6.20 Å². The Morgan fingerprint density at radius 1 is 1.20 bits per heavy atom. The first-order valence-corrected chi connectivity index (χ1v) is 9.06. The second kappa shape index (κ2) is 6.79. The lowest BCUT2D eigenvalue weighted by atomic mass is 9.96. The molecule has 2 aliphatic rings. The third-order valence-corrected chi connectivity index (χ3v) is 5.93. The Labute approximate surface area is 125 Å². The molecule has 110 valence electrons. The van der Waals surface area contributed by atoms with Crippen molar-refractivity contribution in [2.45, 2.75) is 69.1 Å². The lowest BCUT2D eigenvalue weighted by molar-refractivity contribution is -0.118. The highest BCUT2D eigenvalue weighted by atomic mass is 32.2. The highest BCUT2D eigenvalue weighted by Crippen LogP contribution is 2.28. The highest BCUT2D eigenvalue weighted by molar-refractivity contribution is 8.00. The van der Waals surface area contributed by atoms with E-state index in [1.165, 1.54) is 44.9 Å². The molecule has 3 rings (SSSR count). The van der Waals surface area contributed by atoms with Crippen LogP contribution in [0.25, 0.3) is 0 Å². The zero-order valence-electron chi connectivity index (χ0n) is 12.1. The van der Waals surface area contributed by atoms with Gasteiger partial charge in [0.25, 0.3) is 0 Å². The molecule has 2 heterocycles. The van der Waals surface area contributed by atoms with Crippen LogP contribution >= 0.6 is 11.8 Å². The molecule has 2 fully saturated rings. The largest absolute Gasteiger partial charge is 0.298 e. The second-order valence-electron chi connectivity index (χ2n) is 6.08. The average molecular weight is 292 g/mol. The summed E-state index contributed by atoms with van der Waals surface area (Å²) < 4.78 is 2.11. The van der Waals surface area contributed by atoms with E-state index in [0.29, 0.717) is 18.2 Å². The van der Waals surface area contributed by atoms with Crippen LogP contribution in [0.2, 0.25) is 0 Å². The van der Waals surface area contributed by atoms with Gasteiger partial charge >= 0.3 is 0 Å². The molecule has 1 atom stereocenters. The van der Waals surface area contributed by atoms with Gasteiger partial charge in [0.05, 0.1) is 23.4 Å². The van der Waals surface area contributed by atoms with E-state index in [-0.39, 0.29) is 5.25 Å². The quantitative estimate of drug-likeness (QED) is 0.847. The van der Waals surface area contributed by atoms with Gasteiger partial charge < -0.3 is 0 Å². The van der Waals surface area contributed by atoms with Crippen LogP contribution in [-0.2, 0) is 11.2 Å². The maximum absolute atomic E-state index is 12.3. The van der Waals surface area contributed by atoms with Gasteiger partial charge in [0.15, 0.2) is 5.78 Å². The van der Waals surface area contributed by atoms with E-state index in [9.17, 15) is 4.79 Å². The number of hydrogen-bond acceptors (Lipinski definition) is 3. The van der Waals surface area contributed by atoms with E-state index < -0.39 is 0 Å². The van der Waals surface area contributed by atoms with E-state index in [2.05, 4.69) is 16.0 Å². The topological polar surface area (TPSA) is 34.9 Å². The Kier molecular flexibility index (Phi) is 4.81. The third-order valence-electron chi connectivity index (χ3n) is 4.51. The summed E-state index contributed by atoms with van der Waals surface area (Å²) >= 11 is 1.84. The molecule has 20 heavy (non-hydrogen) atoms. The maximum atomic E-state index is 12.3. The summed E-state index contributed by atoms with van der Waals surface area (Å²) in [5, 5.41) is 4.88. The molecule has 0 bridgehead atoms. The first kappa shape index (κ1) is 14.2. The number of thioether (sulfide) groups is 1. The smallest absolute Gasteiger partial charge is 0.151 e. The molecule has 1 aliphatic heterocycles. The molecule has 4 heteroatoms. The normalized spacial score (nSPS) is 24.7. The number of ketones is 1. The van der Waals surface area contributed by atoms with Crippen LogP contribution in [0.3, 0.4) is 0 Å². The highest BCUT2D eigenvalue weighted by Gasteiger charge is 2.23. The molecule has 1 aromatic heterocycles. The van der Waals surface area contributed by atoms with Crippen LogP contribution in [0.1, 0.15) is 63.1 Å². The van der Waals surface area contributed by atoms with E-state index in [1.807, 2.05) is 17.8 Å². The fourth-order valence-electron chi connectivity index (χ4n) is 3.31. The molecule has 1 saturated carbocycles. The van der Waals surface area contributed by atoms with E-state index >= 15 is 0 Å². The predicted molar refractivity (Wildman–Crippen MR) is 83.2 cm³/mol. The molecule has 0 aromatic carbocycles. The summed E-state index contributed by atoms with van der Waals surface area (Å²) in [7, 11) is 0. The van der Waals surface area contributed by atoms with Gasteiger partial charge in [-0.15, -0.1) is 0 Å². The van der Waals surface area contributed by atoms with Crippen LogP contribution in [-0.4, -0.2) is 26.6 Å². The summed E-state index contributed by atoms with van der Waals surface area (Å²) in [5.74, 6) is 1.52. The van der Waals surface area contributed by atoms with Crippen molar-refractivity contribution in [1.29, 1.82) is 0 Å². The fraction of sp³-hybridized carbons (Fsp3) is 0.750. The summed E-state index contributed by atoms with van der Waals surface area (Å²) in [5.41, 5.74) is 0.965. The first-order valence-electron chi connectivity index (χ1n) is 8.01. The van der Waals surface area contributed by atoms with Gasteiger partial charge in [-0.3, -0.25) is 9.48 Å². The van der Waals surface area contributed by atoms with Crippen molar-refractivity contribution in [3.8, 4) is 0 Å². The molecular weight excluding hydrogens is 268 g/mol. The van der Waals surface area contributed by atoms with Crippen LogP contribution < -0.4 is 0 Å². The van der Waals surface area contributed by atoms with Crippen molar-refractivity contribution in [2.75, 3.05) is 5.75 Å². The van der Waals surface area contributed by atoms with Crippen molar-refractivity contribution < 1.29 is 4.79 Å². The van der Waals surface area contributed by atoms with Gasteiger partial charge in [-0.1, -0.05) is 25.7 Å². The Balaban J connectivity index is 1.57. The fourth-order valence-corrected chi connectivity index (χ4v) is 4.57. The lowest BCUT2D eigenvalue weighted by Crippen LogP contribution is -2.23. The molecule has 1 unspecified atom stereocenters. The van der Waals surface area contributed by atoms with Crippen molar-refractivity contribution >= 4 is 17.5 Å². The van der Waals surface area contributed by atoms with Crippen LogP contribution in [0.5, 0.6) is 0 Å². The third kappa shape index (κ3) is 3.46. The maximum Gasteiger partial charge on any atom is 0.151 e. The minimum atomic E-state index is 0.226. The lowest BCUT2D eigenvalue weighted by Gasteiger charge is -2.22. The van der Waals surface area contributed by atoms with E-state index in [1.54, 1.807) is 0 Å². The number of aromatic nitrogens is 2. The van der Waals surface area contributed by atoms with Gasteiger partial charge in [-0.05, 0) is 37.5 Å². The Bertz CT molecular complexity index is 445. The van der Waals surface area contributed by atoms with Crippen LogP contribution in [0, 0.1) is 0 Å². The Morgan fingerprint density at radius 3 is 2.75 bits per heavy atom. The summed E-state index contributed by atoms with van der Waals surface area (Å²) in [6, 6.07) is 2.61. The van der Waals surface area contributed by atoms with E-state index in [0.717, 1.165) is 17.9 Å². The Hall–Kier alpha value is -0.770. The van der Waals surface area contributed by atoms with Crippen LogP contribution in [0.15, 0.2) is 12.3 Å². The molecule has 0 radical (unpaired) electrons. The van der Waals surface area contributed by atoms with Crippen molar-refractivity contribution in [1.82, 2.24) is 9.78 Å². The molecule has 1 aliphatic carbocycles. The number of nitrogens with zero attached hydrogens (tertiary/aromatic N) is 2. The molecule has 3 nitrogen and oxygen atoms in total. The van der Waals surface area contributed by atoms with Gasteiger partial charge in [0.2, 0.25) is 0 Å². The molecule has 0 spiro atoms. The predicted octanol–water partition coefficient (Wildman–Crippen LogP) is 3.79. The van der Waals surface area contributed by atoms with Crippen molar-refractivity contribution in [2.24, 2.45) is 0 Å². The minimum Gasteiger partial charge on any atom is -0.298 e. The SMILES string of the molecule is O=C(Cc1ccn(C2CCCCC2)n1)C1CCCCS1. The number of Topliss-reactive ketones (excluding diaryl/α,β-unsaturated/α-hetero) is 1. The first-order chi connectivity index (χ1) is 9.83. The molecule has 1 saturated heterocycles. The number of carbonyl (C=O) groups is 1. The number of carbonyl (C=O) groups excluding carboxylic acids is 1. The summed E-state index contributed by atoms with van der Waals surface area (Å²) in [4.78, 5) is 12.3. The minimum absolute atomic E-state index is 0.226. The standard InChI is InChI=1S/C16H24N2OS/c19-15(16-8-4-5-11-20-16)12-13-9-10-18(17-13)14-6-2-1-3-7-14/h9-10,14,16H,1-8,11-12H2. The molecule has 0 amide bonds. The molecule has 0 N–H and O–H groups in total. The Morgan fingerprint density at radius 2 is 2.00 bits per heavy atom. The van der Waals surface area contributed by atoms with Crippen LogP contribution in [0.4, 0.5) is 0 Å². The monoisotopic (exact) mass is 292 g/mol. The molecule has 1 aromatic rings. The van der Waals surface area contributed by atoms with Gasteiger partial charge in [-0.25, -0.2) is 0 Å². The second-order valence-corrected chi connectivity index (χ2v) is 7.39. The number of hydrogen-bond donors (Lipinski definition) is 0. The van der Waals surface area contributed by atoms with Crippen molar-refractivity contribution in [3.63, 3.8) is 0 Å². The molecular formula is C16H24N2OS. The van der Waals surface area contributed by atoms with Crippen molar-refractivity contribution in [3.05, 3.63) is 18.0 Å².